The molecule has 1 amide bonds. The molecule has 0 aromatic carbocycles. The number of ether oxygens (including phenoxy) is 1. The molecule has 1 N–H and O–H groups in total. The van der Waals surface area contributed by atoms with Crippen molar-refractivity contribution in [3.63, 3.8) is 0 Å². The van der Waals surface area contributed by atoms with E-state index in [1.54, 1.807) is 16.6 Å². The summed E-state index contributed by atoms with van der Waals surface area (Å²) in [6.45, 7) is 0.746. The van der Waals surface area contributed by atoms with Gasteiger partial charge >= 0.3 is 5.97 Å². The molecular weight excluding hydrogens is 324 g/mol. The molecular formula is C17H22N4O4. The van der Waals surface area contributed by atoms with E-state index in [4.69, 9.17) is 4.74 Å². The second-order valence-corrected chi connectivity index (χ2v) is 6.44. The number of amides is 1. The van der Waals surface area contributed by atoms with Gasteiger partial charge in [-0.1, -0.05) is 0 Å². The number of aryl methyl sites for hydroxylation is 1. The largest absolute Gasteiger partial charge is 0.481 e. The minimum Gasteiger partial charge on any atom is -0.481 e. The van der Waals surface area contributed by atoms with Gasteiger partial charge in [0.05, 0.1) is 12.8 Å². The summed E-state index contributed by atoms with van der Waals surface area (Å²) in [5, 5.41) is 13.9. The Morgan fingerprint density at radius 1 is 1.36 bits per heavy atom. The topological polar surface area (TPSA) is 89.6 Å². The first-order valence-electron chi connectivity index (χ1n) is 8.15. The van der Waals surface area contributed by atoms with Gasteiger partial charge in [-0.3, -0.25) is 14.3 Å². The fourth-order valence-corrected chi connectivity index (χ4v) is 3.47. The lowest BCUT2D eigenvalue weighted by Gasteiger charge is -2.39. The molecule has 0 radical (unpaired) electrons. The first kappa shape index (κ1) is 17.2. The van der Waals surface area contributed by atoms with Crippen LogP contribution in [-0.2, 0) is 16.6 Å². The van der Waals surface area contributed by atoms with E-state index >= 15 is 0 Å². The van der Waals surface area contributed by atoms with E-state index in [2.05, 4.69) is 5.10 Å². The number of methoxy groups -OCH3 is 1. The van der Waals surface area contributed by atoms with Gasteiger partial charge < -0.3 is 19.3 Å². The molecule has 1 fully saturated rings. The number of carboxylic acid groups (broad SMARTS) is 1. The third kappa shape index (κ3) is 3.05. The van der Waals surface area contributed by atoms with Crippen LogP contribution in [0.4, 0.5) is 0 Å². The van der Waals surface area contributed by atoms with Gasteiger partial charge in [0.15, 0.2) is 0 Å². The second kappa shape index (κ2) is 6.72. The molecule has 134 valence electrons. The molecule has 1 atom stereocenters. The van der Waals surface area contributed by atoms with Crippen molar-refractivity contribution < 1.29 is 19.4 Å². The zero-order valence-corrected chi connectivity index (χ0v) is 14.4. The molecule has 0 bridgehead atoms. The third-order valence-electron chi connectivity index (χ3n) is 4.73. The van der Waals surface area contributed by atoms with Crippen molar-refractivity contribution in [3.8, 4) is 5.82 Å². The van der Waals surface area contributed by atoms with Gasteiger partial charge in [0.2, 0.25) is 0 Å². The Morgan fingerprint density at radius 3 is 2.72 bits per heavy atom. The first-order valence-corrected chi connectivity index (χ1v) is 8.15. The van der Waals surface area contributed by atoms with Crippen LogP contribution in [0.1, 0.15) is 23.2 Å². The van der Waals surface area contributed by atoms with E-state index in [9.17, 15) is 14.7 Å². The van der Waals surface area contributed by atoms with Crippen molar-refractivity contribution >= 4 is 11.9 Å². The predicted molar refractivity (Wildman–Crippen MR) is 89.6 cm³/mol. The van der Waals surface area contributed by atoms with Crippen molar-refractivity contribution in [2.75, 3.05) is 26.8 Å². The Labute approximate surface area is 145 Å². The maximum atomic E-state index is 13.1. The smallest absolute Gasteiger partial charge is 0.313 e. The summed E-state index contributed by atoms with van der Waals surface area (Å²) in [5.74, 6) is -0.477. The van der Waals surface area contributed by atoms with Gasteiger partial charge in [-0.2, -0.15) is 5.10 Å². The molecule has 1 aliphatic heterocycles. The molecule has 1 aliphatic rings. The summed E-state index contributed by atoms with van der Waals surface area (Å²) >= 11 is 0. The number of aliphatic carboxylic acids is 1. The van der Waals surface area contributed by atoms with E-state index in [-0.39, 0.29) is 19.1 Å². The van der Waals surface area contributed by atoms with E-state index in [0.717, 1.165) is 0 Å². The minimum absolute atomic E-state index is 0.0869. The Hall–Kier alpha value is -2.61. The van der Waals surface area contributed by atoms with Gasteiger partial charge in [-0.25, -0.2) is 0 Å². The van der Waals surface area contributed by atoms with Gasteiger partial charge in [0.25, 0.3) is 5.91 Å². The molecule has 1 unspecified atom stereocenters. The van der Waals surface area contributed by atoms with E-state index in [1.807, 2.05) is 29.1 Å². The molecule has 8 nitrogen and oxygen atoms in total. The van der Waals surface area contributed by atoms with Crippen LogP contribution >= 0.6 is 0 Å². The zero-order chi connectivity index (χ0) is 18.0. The molecule has 0 aliphatic carbocycles. The minimum atomic E-state index is -1.06. The van der Waals surface area contributed by atoms with Crippen molar-refractivity contribution in [2.24, 2.45) is 12.5 Å². The third-order valence-corrected chi connectivity index (χ3v) is 4.73. The molecule has 25 heavy (non-hydrogen) atoms. The fourth-order valence-electron chi connectivity index (χ4n) is 3.47. The zero-order valence-electron chi connectivity index (χ0n) is 14.4. The lowest BCUT2D eigenvalue weighted by atomic mass is 9.80. The highest BCUT2D eigenvalue weighted by Crippen LogP contribution is 2.32. The summed E-state index contributed by atoms with van der Waals surface area (Å²) in [5.41, 5.74) is -0.601. The lowest BCUT2D eigenvalue weighted by molar-refractivity contribution is -0.155. The highest BCUT2D eigenvalue weighted by molar-refractivity contribution is 5.97. The molecule has 2 aromatic rings. The van der Waals surface area contributed by atoms with Crippen LogP contribution in [0, 0.1) is 5.41 Å². The molecule has 8 heteroatoms. The SMILES string of the molecule is COCC1(C(=O)O)CCCN(C(=O)c2cnn(C)c2-n2cccc2)C1. The monoisotopic (exact) mass is 346 g/mol. The van der Waals surface area contributed by atoms with Gasteiger partial charge in [-0.05, 0) is 25.0 Å². The van der Waals surface area contributed by atoms with Crippen LogP contribution < -0.4 is 0 Å². The first-order chi connectivity index (χ1) is 12.0. The van der Waals surface area contributed by atoms with Crippen molar-refractivity contribution in [1.82, 2.24) is 19.2 Å². The maximum absolute atomic E-state index is 13.1. The van der Waals surface area contributed by atoms with Crippen molar-refractivity contribution in [3.05, 3.63) is 36.3 Å². The van der Waals surface area contributed by atoms with Crippen LogP contribution in [0.25, 0.3) is 5.82 Å². The number of likely N-dealkylation sites (tertiary alicyclic amines) is 1. The summed E-state index contributed by atoms with van der Waals surface area (Å²) in [6.07, 6.45) is 6.34. The Balaban J connectivity index is 1.90. The highest BCUT2D eigenvalue weighted by Gasteiger charge is 2.44. The van der Waals surface area contributed by atoms with Gasteiger partial charge in [-0.15, -0.1) is 0 Å². The molecule has 1 saturated heterocycles. The number of hydrogen-bond acceptors (Lipinski definition) is 4. The number of nitrogens with zero attached hydrogens (tertiary/aromatic N) is 4. The van der Waals surface area contributed by atoms with Crippen LogP contribution in [0.2, 0.25) is 0 Å². The Kier molecular flexibility index (Phi) is 4.63. The average molecular weight is 346 g/mol. The van der Waals surface area contributed by atoms with E-state index in [0.29, 0.717) is 30.8 Å². The molecule has 2 aromatic heterocycles. The maximum Gasteiger partial charge on any atom is 0.313 e. The number of hydrogen-bond donors (Lipinski definition) is 1. The number of aromatic nitrogens is 3. The molecule has 3 heterocycles. The van der Waals surface area contributed by atoms with Crippen molar-refractivity contribution in [1.29, 1.82) is 0 Å². The number of carbonyl (C=O) groups is 2. The molecule has 0 spiro atoms. The number of piperidine rings is 1. The van der Waals surface area contributed by atoms with Gasteiger partial charge in [0, 0.05) is 39.6 Å². The summed E-state index contributed by atoms with van der Waals surface area (Å²) < 4.78 is 8.59. The number of carbonyl (C=O) groups excluding carboxylic acids is 1. The number of rotatable bonds is 5. The molecule has 0 saturated carbocycles. The summed E-state index contributed by atoms with van der Waals surface area (Å²) in [7, 11) is 3.26. The van der Waals surface area contributed by atoms with E-state index in [1.165, 1.54) is 13.3 Å². The van der Waals surface area contributed by atoms with E-state index < -0.39 is 11.4 Å². The van der Waals surface area contributed by atoms with Crippen molar-refractivity contribution in [2.45, 2.75) is 12.8 Å². The summed E-state index contributed by atoms with van der Waals surface area (Å²) in [4.78, 5) is 26.5. The quantitative estimate of drug-likeness (QED) is 0.878. The lowest BCUT2D eigenvalue weighted by Crippen LogP contribution is -2.52. The Bertz CT molecular complexity index is 764. The van der Waals surface area contributed by atoms with Crippen LogP contribution in [-0.4, -0.2) is 63.0 Å². The fraction of sp³-hybridized carbons (Fsp3) is 0.471. The standard InChI is InChI=1S/C17H22N4O4/c1-19-14(20-7-3-4-8-20)13(10-18-19)15(22)21-9-5-6-17(11-21,12-25-2)16(23)24/h3-4,7-8,10H,5-6,9,11-12H2,1-2H3,(H,23,24). The second-order valence-electron chi connectivity index (χ2n) is 6.44. The predicted octanol–water partition coefficient (Wildman–Crippen LogP) is 1.16. The van der Waals surface area contributed by atoms with Crippen LogP contribution in [0.3, 0.4) is 0 Å². The van der Waals surface area contributed by atoms with Gasteiger partial charge in [0.1, 0.15) is 16.8 Å². The number of carboxylic acids is 1. The molecule has 3 rings (SSSR count). The highest BCUT2D eigenvalue weighted by atomic mass is 16.5. The Morgan fingerprint density at radius 2 is 2.08 bits per heavy atom. The average Bonchev–Trinajstić information content (AvgIpc) is 3.23. The van der Waals surface area contributed by atoms with Crippen LogP contribution in [0.5, 0.6) is 0 Å². The normalized spacial score (nSPS) is 20.6. The summed E-state index contributed by atoms with van der Waals surface area (Å²) in [6, 6.07) is 3.74. The van der Waals surface area contributed by atoms with Crippen LogP contribution in [0.15, 0.2) is 30.7 Å².